The van der Waals surface area contributed by atoms with E-state index in [1.54, 1.807) is 63.2 Å². The molecular formula is C113H141N13O19S4. The van der Waals surface area contributed by atoms with Gasteiger partial charge in [0.05, 0.1) is 53.7 Å². The Hall–Kier alpha value is -13.3. The van der Waals surface area contributed by atoms with E-state index < -0.39 is 139 Å². The summed E-state index contributed by atoms with van der Waals surface area (Å²) in [5.41, 5.74) is 9.58. The number of thioether (sulfide) groups is 4. The van der Waals surface area contributed by atoms with Crippen LogP contribution in [0.3, 0.4) is 0 Å². The molecule has 36 heteroatoms. The standard InChI is InChI=1S/2C29H37N3O5S.C29H37N3O4S.C26H30N4O5S/c1-18(2)14-15-30-27(36)25-29(4,5)38-17-32(25)28(37)24(34)22(16-20-10-7-6-8-11-20)31-26(35)21-12-9-13-23(33)19(21)3;1-6-18(2)16-30-27(36)25-29(4,5)38-17-32(25)28(37)24(34)22(15-20-11-8-7-9-12-20)31-26(35)21-13-10-14-23(33)19(21)3;1-6-7-16-30-27(35)25-29(4,5)37-18-32(25)28(36)24(33)23(17-21-13-9-8-10-14-21)31-26(34)22-15-11-12-19(2)20(22)3;1-16-18(10-7-11-20(16)31)23(33)29-19(14-17-8-5-4-6-9-17)21(32)25(35)30-15-36-26(2,3)22(30)24(34)28-13-12-27/h2*6-14,22,24-25,33-34H,15-17H2,1-5H3,(H,30,36)(H,31,35);6-15,23-25,33H,16-18H2,1-5H3,(H,30,35)(H,31,34);4-11,19,21-22,31-32H,13-15H2,1-3H3,(H,28,34)(H,29,33)/b;18-6-;7-6-;/t2*22-,24-,25+;23-,24-,25+;19-,21-,22+/m0000/s1. The monoisotopic (exact) mass is 2110 g/mol. The second kappa shape index (κ2) is 54.8. The molecule has 0 aromatic heterocycles. The molecule has 8 aromatic rings. The van der Waals surface area contributed by atoms with E-state index >= 15 is 0 Å². The van der Waals surface area contributed by atoms with Crippen LogP contribution in [0.2, 0.25) is 0 Å². The van der Waals surface area contributed by atoms with Crippen LogP contribution in [0, 0.1) is 45.9 Å². The summed E-state index contributed by atoms with van der Waals surface area (Å²) in [6, 6.07) is 51.1. The predicted octanol–water partition coefficient (Wildman–Crippen LogP) is 11.4. The number of nitrogens with one attached hydrogen (secondary N) is 8. The molecule has 0 spiro atoms. The van der Waals surface area contributed by atoms with E-state index in [2.05, 4.69) is 42.5 Å². The first-order valence-electron chi connectivity index (χ1n) is 49.2. The molecule has 12 atom stereocenters. The minimum Gasteiger partial charge on any atom is -0.508 e. The molecule has 4 heterocycles. The maximum atomic E-state index is 13.7. The van der Waals surface area contributed by atoms with E-state index in [1.165, 1.54) is 84.8 Å². The summed E-state index contributed by atoms with van der Waals surface area (Å²) in [7, 11) is 0. The zero-order valence-electron chi connectivity index (χ0n) is 87.6. The number of aliphatic hydroxyl groups is 4. The van der Waals surface area contributed by atoms with Gasteiger partial charge in [0, 0.05) is 77.6 Å². The minimum absolute atomic E-state index is 0.0211. The molecule has 0 aliphatic carbocycles. The molecule has 4 fully saturated rings. The van der Waals surface area contributed by atoms with E-state index in [-0.39, 0.29) is 113 Å². The van der Waals surface area contributed by atoms with Gasteiger partial charge in [-0.1, -0.05) is 187 Å². The Morgan fingerprint density at radius 3 is 0.899 bits per heavy atom. The first kappa shape index (κ1) is 119. The van der Waals surface area contributed by atoms with Gasteiger partial charge >= 0.3 is 0 Å². The molecule has 0 saturated carbocycles. The summed E-state index contributed by atoms with van der Waals surface area (Å²) in [6.07, 6.45) is 1.90. The van der Waals surface area contributed by atoms with Gasteiger partial charge in [-0.15, -0.1) is 47.0 Å². The number of phenols is 3. The molecule has 32 nitrogen and oxygen atoms in total. The van der Waals surface area contributed by atoms with Gasteiger partial charge in [0.1, 0.15) is 48.0 Å². The molecule has 4 aliphatic heterocycles. The Bertz CT molecular complexity index is 6180. The number of aliphatic hydroxyl groups excluding tert-OH is 4. The predicted molar refractivity (Wildman–Crippen MR) is 584 cm³/mol. The number of allylic oxidation sites excluding steroid dienone is 3. The van der Waals surface area contributed by atoms with Gasteiger partial charge in [0.15, 0.2) is 24.4 Å². The summed E-state index contributed by atoms with van der Waals surface area (Å²) in [4.78, 5) is 165. The van der Waals surface area contributed by atoms with E-state index in [9.17, 15) is 93.3 Å². The van der Waals surface area contributed by atoms with Crippen molar-refractivity contribution < 1.29 is 93.3 Å². The first-order chi connectivity index (χ1) is 70.5. The molecule has 15 N–H and O–H groups in total. The molecule has 796 valence electrons. The topological polar surface area (TPSA) is 479 Å². The third-order valence-electron chi connectivity index (χ3n) is 26.6. The number of carbonyl (C=O) groups excluding carboxylic acids is 12. The molecule has 4 aliphatic rings. The third kappa shape index (κ3) is 31.9. The van der Waals surface area contributed by atoms with Crippen molar-refractivity contribution in [1.29, 1.82) is 5.26 Å². The molecule has 0 radical (unpaired) electrons. The van der Waals surface area contributed by atoms with Crippen molar-refractivity contribution in [2.75, 3.05) is 49.7 Å². The van der Waals surface area contributed by atoms with Crippen LogP contribution >= 0.6 is 47.0 Å². The van der Waals surface area contributed by atoms with Crippen molar-refractivity contribution in [3.05, 3.63) is 302 Å². The number of hydrogen-bond donors (Lipinski definition) is 15. The zero-order valence-corrected chi connectivity index (χ0v) is 90.9. The Labute approximate surface area is 889 Å². The summed E-state index contributed by atoms with van der Waals surface area (Å²) in [5.74, 6) is -4.96. The van der Waals surface area contributed by atoms with Crippen LogP contribution < -0.4 is 42.5 Å². The fraction of sp³-hybridized carbons (Fsp3) is 0.407. The third-order valence-corrected chi connectivity index (χ3v) is 32.1. The van der Waals surface area contributed by atoms with Crippen LogP contribution in [-0.2, 0) is 64.0 Å². The van der Waals surface area contributed by atoms with Gasteiger partial charge in [-0.2, -0.15) is 5.26 Å². The molecular weight excluding hydrogens is 1970 g/mol. The number of rotatable bonds is 35. The number of phenolic OH excluding ortho intramolecular Hbond substituents is 3. The average molecular weight is 2110 g/mol. The lowest BCUT2D eigenvalue weighted by molar-refractivity contribution is -0.147. The smallest absolute Gasteiger partial charge is 0.254 e. The fourth-order valence-electron chi connectivity index (χ4n) is 17.5. The van der Waals surface area contributed by atoms with Crippen molar-refractivity contribution >= 4 is 118 Å². The average Bonchev–Trinajstić information content (AvgIpc) is 1.64. The number of aromatic hydroxyl groups is 3. The molecule has 12 amide bonds. The lowest BCUT2D eigenvalue weighted by Gasteiger charge is -2.33. The number of benzene rings is 8. The Morgan fingerprint density at radius 2 is 0.631 bits per heavy atom. The van der Waals surface area contributed by atoms with Gasteiger partial charge in [0.25, 0.3) is 47.3 Å². The SMILES string of the molecule is C/C=C(/C)CNC(=O)[C@H]1N(C(=O)[C@@H](O)[C@H](Cc2ccccc2)NC(=O)c2cccc(O)c2C)CSC1(C)C.C/C=C\CNC(=O)[C@H]1N(C(=O)[C@@H](O)[C@H](Cc2ccccc2)NC(=O)c2cccc(C)c2C)CSC1(C)C.CC(C)=CCNC(=O)[C@H]1N(C(=O)[C@@H](O)[C@H](Cc2ccccc2)NC(=O)c2cccc(O)c2C)CSC1(C)C.Cc1c(O)cccc1C(=O)N[C@@H](Cc1ccccc1)[C@H](O)C(=O)N1CSC(C)(C)[C@H]1C(=O)NCC#N. The Morgan fingerprint density at radius 1 is 0.369 bits per heavy atom. The number of nitrogens with zero attached hydrogens (tertiary/aromatic N) is 5. The highest BCUT2D eigenvalue weighted by Gasteiger charge is 2.55. The molecule has 0 bridgehead atoms. The quantitative estimate of drug-likeness (QED) is 0.0130. The molecule has 12 rings (SSSR count). The zero-order chi connectivity index (χ0) is 110. The van der Waals surface area contributed by atoms with Gasteiger partial charge in [-0.3, -0.25) is 57.5 Å². The van der Waals surface area contributed by atoms with Crippen molar-refractivity contribution in [1.82, 2.24) is 62.1 Å². The molecule has 149 heavy (non-hydrogen) atoms. The lowest BCUT2D eigenvalue weighted by Crippen LogP contribution is -2.58. The van der Waals surface area contributed by atoms with Crippen LogP contribution in [0.1, 0.15) is 182 Å². The highest BCUT2D eigenvalue weighted by Crippen LogP contribution is 2.44. The van der Waals surface area contributed by atoms with E-state index in [0.29, 0.717) is 41.9 Å². The van der Waals surface area contributed by atoms with E-state index in [0.717, 1.165) is 44.5 Å². The summed E-state index contributed by atoms with van der Waals surface area (Å²) < 4.78 is -2.32. The fourth-order valence-corrected chi connectivity index (χ4v) is 22.1. The van der Waals surface area contributed by atoms with E-state index in [1.807, 2.05) is 268 Å². The highest BCUT2D eigenvalue weighted by atomic mass is 32.2. The maximum Gasteiger partial charge on any atom is 0.254 e. The van der Waals surface area contributed by atoms with Crippen molar-refractivity contribution in [2.45, 2.75) is 242 Å². The second-order valence-electron chi connectivity index (χ2n) is 39.4. The van der Waals surface area contributed by atoms with Gasteiger partial charge in [-0.25, -0.2) is 0 Å². The van der Waals surface area contributed by atoms with Crippen LogP contribution in [0.25, 0.3) is 0 Å². The van der Waals surface area contributed by atoms with Gasteiger partial charge in [0.2, 0.25) is 23.6 Å². The number of carbonyl (C=O) groups is 12. The second-order valence-corrected chi connectivity index (χ2v) is 45.8. The van der Waals surface area contributed by atoms with E-state index in [4.69, 9.17) is 5.26 Å². The minimum atomic E-state index is -1.65. The van der Waals surface area contributed by atoms with Crippen molar-refractivity contribution in [3.8, 4) is 23.3 Å². The number of hydrogen-bond acceptors (Lipinski definition) is 24. The largest absolute Gasteiger partial charge is 0.508 e. The maximum absolute atomic E-state index is 13.7. The van der Waals surface area contributed by atoms with Crippen molar-refractivity contribution in [3.63, 3.8) is 0 Å². The van der Waals surface area contributed by atoms with Crippen LogP contribution in [0.15, 0.2) is 230 Å². The number of aryl methyl sites for hydroxylation is 1. The summed E-state index contributed by atoms with van der Waals surface area (Å²) in [6.45, 7) is 34.2. The van der Waals surface area contributed by atoms with Crippen LogP contribution in [-0.4, -0.2) is 268 Å². The highest BCUT2D eigenvalue weighted by molar-refractivity contribution is 8.01. The van der Waals surface area contributed by atoms with Crippen LogP contribution in [0.5, 0.6) is 17.2 Å². The number of nitriles is 1. The molecule has 8 aromatic carbocycles. The Kier molecular flexibility index (Phi) is 43.9. The van der Waals surface area contributed by atoms with Crippen molar-refractivity contribution in [2.24, 2.45) is 0 Å². The summed E-state index contributed by atoms with van der Waals surface area (Å²) >= 11 is 5.80. The Balaban J connectivity index is 0.000000221. The van der Waals surface area contributed by atoms with Gasteiger partial charge < -0.3 is 97.9 Å². The summed E-state index contributed by atoms with van der Waals surface area (Å²) in [5, 5.41) is 107. The normalized spacial score (nSPS) is 18.2. The number of amides is 12. The van der Waals surface area contributed by atoms with Gasteiger partial charge in [-0.05, 0) is 226 Å². The lowest BCUT2D eigenvalue weighted by atomic mass is 9.96. The molecule has 4 saturated heterocycles. The first-order valence-corrected chi connectivity index (χ1v) is 53.1. The molecule has 0 unspecified atom stereocenters. The van der Waals surface area contributed by atoms with Crippen LogP contribution in [0.4, 0.5) is 0 Å².